The first-order chi connectivity index (χ1) is 6.69. The van der Waals surface area contributed by atoms with E-state index in [0.717, 1.165) is 0 Å². The molecule has 0 heterocycles. The Morgan fingerprint density at radius 1 is 1.64 bits per heavy atom. The molecule has 0 aliphatic carbocycles. The summed E-state index contributed by atoms with van der Waals surface area (Å²) in [7, 11) is 0. The van der Waals surface area contributed by atoms with Crippen molar-refractivity contribution < 1.29 is 9.18 Å². The first-order valence-electron chi connectivity index (χ1n) is 3.94. The molecular weight excluding hydrogens is 183 g/mol. The fourth-order valence-corrected chi connectivity index (χ4v) is 1.04. The summed E-state index contributed by atoms with van der Waals surface area (Å²) < 4.78 is 13.1. The number of anilines is 1. The second-order valence-corrected chi connectivity index (χ2v) is 2.57. The average Bonchev–Trinajstić information content (AvgIpc) is 2.18. The van der Waals surface area contributed by atoms with Crippen LogP contribution in [0.3, 0.4) is 0 Å². The minimum absolute atomic E-state index is 0.00680. The Balaban J connectivity index is 3.03. The Kier molecular flexibility index (Phi) is 3.21. The molecule has 4 heteroatoms. The molecule has 0 saturated carbocycles. The summed E-state index contributed by atoms with van der Waals surface area (Å²) >= 11 is 0. The maximum Gasteiger partial charge on any atom is 0.300 e. The third kappa shape index (κ3) is 2.09. The molecule has 0 aliphatic rings. The average molecular weight is 192 g/mol. The zero-order valence-corrected chi connectivity index (χ0v) is 7.38. The zero-order chi connectivity index (χ0) is 10.6. The number of carbonyl (C=O) groups excluding carboxylic acids is 1. The number of hydrogen-bond donors (Lipinski definition) is 2. The number of carbonyl (C=O) groups is 1. The number of rotatable bonds is 2. The van der Waals surface area contributed by atoms with E-state index in [-0.39, 0.29) is 12.1 Å². The first kappa shape index (κ1) is 10.2. The van der Waals surface area contributed by atoms with Crippen molar-refractivity contribution in [3.63, 3.8) is 0 Å². The molecule has 0 atom stereocenters. The lowest BCUT2D eigenvalue weighted by atomic mass is 10.1. The largest absolute Gasteiger partial charge is 0.326 e. The number of halogens is 1. The van der Waals surface area contributed by atoms with E-state index >= 15 is 0 Å². The van der Waals surface area contributed by atoms with Gasteiger partial charge in [0, 0.05) is 17.8 Å². The van der Waals surface area contributed by atoms with E-state index in [1.54, 1.807) is 6.07 Å². The van der Waals surface area contributed by atoms with Crippen LogP contribution in [0.4, 0.5) is 10.1 Å². The molecule has 0 bridgehead atoms. The fourth-order valence-electron chi connectivity index (χ4n) is 1.04. The van der Waals surface area contributed by atoms with Crippen LogP contribution >= 0.6 is 0 Å². The Morgan fingerprint density at radius 2 is 2.36 bits per heavy atom. The predicted molar refractivity (Wildman–Crippen MR) is 51.8 cm³/mol. The molecule has 1 aromatic rings. The lowest BCUT2D eigenvalue weighted by molar-refractivity contribution is -0.111. The molecule has 0 saturated heterocycles. The number of terminal acetylenes is 1. The van der Waals surface area contributed by atoms with Gasteiger partial charge in [-0.2, -0.15) is 0 Å². The van der Waals surface area contributed by atoms with Crippen LogP contribution in [0.2, 0.25) is 0 Å². The second kappa shape index (κ2) is 4.40. The standard InChI is InChI=1S/C10H9FN2O/c1-2-10(14)13-9-5-3-4-8(11)7(9)6-12/h1,3-5H,6,12H2,(H,13,14). The molecule has 1 amide bonds. The van der Waals surface area contributed by atoms with Crippen LogP contribution in [0.5, 0.6) is 0 Å². The molecule has 0 spiro atoms. The summed E-state index contributed by atoms with van der Waals surface area (Å²) in [6.45, 7) is 0.00680. The summed E-state index contributed by atoms with van der Waals surface area (Å²) in [5.74, 6) is 0.795. The number of amides is 1. The van der Waals surface area contributed by atoms with Gasteiger partial charge < -0.3 is 11.1 Å². The maximum absolute atomic E-state index is 13.1. The monoisotopic (exact) mass is 192 g/mol. The number of nitrogens with one attached hydrogen (secondary N) is 1. The molecule has 72 valence electrons. The topological polar surface area (TPSA) is 55.1 Å². The van der Waals surface area contributed by atoms with Gasteiger partial charge in [0.2, 0.25) is 0 Å². The van der Waals surface area contributed by atoms with Crippen LogP contribution in [0.1, 0.15) is 5.56 Å². The van der Waals surface area contributed by atoms with Crippen molar-refractivity contribution in [1.29, 1.82) is 0 Å². The molecule has 1 rings (SSSR count). The lowest BCUT2D eigenvalue weighted by Gasteiger charge is -2.07. The summed E-state index contributed by atoms with van der Waals surface area (Å²) in [6.07, 6.45) is 4.86. The van der Waals surface area contributed by atoms with E-state index in [1.165, 1.54) is 12.1 Å². The third-order valence-electron chi connectivity index (χ3n) is 1.70. The molecular formula is C10H9FN2O. The quantitative estimate of drug-likeness (QED) is 0.683. The van der Waals surface area contributed by atoms with Crippen LogP contribution in [0, 0.1) is 18.2 Å². The zero-order valence-electron chi connectivity index (χ0n) is 7.38. The Morgan fingerprint density at radius 3 is 2.93 bits per heavy atom. The van der Waals surface area contributed by atoms with E-state index in [9.17, 15) is 9.18 Å². The minimum atomic E-state index is -0.620. The normalized spacial score (nSPS) is 9.21. The SMILES string of the molecule is C#CC(=O)Nc1cccc(F)c1CN. The van der Waals surface area contributed by atoms with Gasteiger partial charge in [0.1, 0.15) is 5.82 Å². The van der Waals surface area contributed by atoms with Crippen molar-refractivity contribution in [3.8, 4) is 12.3 Å². The smallest absolute Gasteiger partial charge is 0.300 e. The Hall–Kier alpha value is -1.86. The second-order valence-electron chi connectivity index (χ2n) is 2.57. The molecule has 0 unspecified atom stereocenters. The Bertz CT molecular complexity index is 396. The van der Waals surface area contributed by atoms with Crippen molar-refractivity contribution in [2.75, 3.05) is 5.32 Å². The van der Waals surface area contributed by atoms with Crippen LogP contribution in [0.25, 0.3) is 0 Å². The third-order valence-corrected chi connectivity index (χ3v) is 1.70. The van der Waals surface area contributed by atoms with Crippen molar-refractivity contribution in [3.05, 3.63) is 29.6 Å². The van der Waals surface area contributed by atoms with E-state index in [1.807, 2.05) is 5.92 Å². The summed E-state index contributed by atoms with van der Waals surface area (Å²) in [6, 6.07) is 4.29. The van der Waals surface area contributed by atoms with Gasteiger partial charge in [-0.15, -0.1) is 6.42 Å². The molecule has 3 N–H and O–H groups in total. The van der Waals surface area contributed by atoms with Gasteiger partial charge in [0.25, 0.3) is 5.91 Å². The van der Waals surface area contributed by atoms with Crippen molar-refractivity contribution in [2.45, 2.75) is 6.54 Å². The van der Waals surface area contributed by atoms with Gasteiger partial charge in [-0.1, -0.05) is 6.07 Å². The highest BCUT2D eigenvalue weighted by atomic mass is 19.1. The number of nitrogens with two attached hydrogens (primary N) is 1. The molecule has 3 nitrogen and oxygen atoms in total. The summed E-state index contributed by atoms with van der Waals surface area (Å²) in [5, 5.41) is 2.36. The van der Waals surface area contributed by atoms with Crippen molar-refractivity contribution in [2.24, 2.45) is 5.73 Å². The van der Waals surface area contributed by atoms with Crippen molar-refractivity contribution >= 4 is 11.6 Å². The maximum atomic E-state index is 13.1. The van der Waals surface area contributed by atoms with Crippen LogP contribution in [-0.4, -0.2) is 5.91 Å². The number of hydrogen-bond acceptors (Lipinski definition) is 2. The van der Waals surface area contributed by atoms with Gasteiger partial charge in [-0.3, -0.25) is 4.79 Å². The van der Waals surface area contributed by atoms with E-state index in [4.69, 9.17) is 12.2 Å². The highest BCUT2D eigenvalue weighted by Gasteiger charge is 2.07. The van der Waals surface area contributed by atoms with Crippen LogP contribution in [0.15, 0.2) is 18.2 Å². The predicted octanol–water partition coefficient (Wildman–Crippen LogP) is 0.856. The highest BCUT2D eigenvalue weighted by Crippen LogP contribution is 2.17. The van der Waals surface area contributed by atoms with Crippen molar-refractivity contribution in [1.82, 2.24) is 0 Å². The number of benzene rings is 1. The molecule has 14 heavy (non-hydrogen) atoms. The van der Waals surface area contributed by atoms with Gasteiger partial charge in [0.05, 0.1) is 0 Å². The Labute approximate surface area is 81.1 Å². The van der Waals surface area contributed by atoms with E-state index < -0.39 is 11.7 Å². The summed E-state index contributed by atoms with van der Waals surface area (Å²) in [4.78, 5) is 10.9. The minimum Gasteiger partial charge on any atom is -0.326 e. The lowest BCUT2D eigenvalue weighted by Crippen LogP contribution is -2.12. The molecule has 0 radical (unpaired) electrons. The van der Waals surface area contributed by atoms with Crippen LogP contribution < -0.4 is 11.1 Å². The van der Waals surface area contributed by atoms with E-state index in [0.29, 0.717) is 5.69 Å². The molecule has 0 aromatic heterocycles. The van der Waals surface area contributed by atoms with E-state index in [2.05, 4.69) is 5.32 Å². The van der Waals surface area contributed by atoms with Gasteiger partial charge >= 0.3 is 0 Å². The molecule has 0 fully saturated rings. The highest BCUT2D eigenvalue weighted by molar-refractivity contribution is 6.03. The molecule has 0 aliphatic heterocycles. The first-order valence-corrected chi connectivity index (χ1v) is 3.94. The van der Waals surface area contributed by atoms with Gasteiger partial charge in [-0.25, -0.2) is 4.39 Å². The fraction of sp³-hybridized carbons (Fsp3) is 0.100. The molecule has 1 aromatic carbocycles. The summed E-state index contributed by atoms with van der Waals surface area (Å²) in [5.41, 5.74) is 5.89. The van der Waals surface area contributed by atoms with Crippen LogP contribution in [-0.2, 0) is 11.3 Å². The van der Waals surface area contributed by atoms with Gasteiger partial charge in [-0.05, 0) is 18.1 Å². The van der Waals surface area contributed by atoms with Gasteiger partial charge in [0.15, 0.2) is 0 Å².